The molecular weight excluding hydrogens is 1410 g/mol. The third kappa shape index (κ3) is 22.3. The number of carbonyl (C=O) groups excluding carboxylic acids is 15. The number of fused-ring (bicyclic) bond motifs is 3. The molecule has 3 heterocycles. The zero-order valence-corrected chi connectivity index (χ0v) is 72.1. The van der Waals surface area contributed by atoms with Crippen molar-refractivity contribution >= 4 is 87.7 Å². The second-order valence-corrected chi connectivity index (χ2v) is 44.0. The van der Waals surface area contributed by atoms with Crippen molar-refractivity contribution in [3.05, 3.63) is 0 Å². The van der Waals surface area contributed by atoms with Crippen LogP contribution < -0.4 is 27.8 Å². The van der Waals surface area contributed by atoms with Crippen LogP contribution in [0.1, 0.15) is 288 Å². The highest BCUT2D eigenvalue weighted by Gasteiger charge is 2.72. The average Bonchev–Trinajstić information content (AvgIpc) is 1.54. The summed E-state index contributed by atoms with van der Waals surface area (Å²) in [7, 11) is 0. The maximum Gasteiger partial charge on any atom is 0.315 e. The van der Waals surface area contributed by atoms with Gasteiger partial charge in [0.2, 0.25) is 35.1 Å². The first-order chi connectivity index (χ1) is 50.5. The molecule has 6 aliphatic carbocycles. The number of carbonyl (C=O) groups is 15. The zero-order chi connectivity index (χ0) is 84.3. The highest BCUT2D eigenvalue weighted by atomic mass is 16.2. The minimum Gasteiger partial charge on any atom is -0.363 e. The summed E-state index contributed by atoms with van der Waals surface area (Å²) in [5.74, 6) is -7.63. The van der Waals surface area contributed by atoms with Crippen molar-refractivity contribution in [2.24, 2.45) is 143 Å². The van der Waals surface area contributed by atoms with Crippen molar-refractivity contribution in [3.8, 4) is 0 Å². The molecule has 15 atom stereocenters. The van der Waals surface area contributed by atoms with E-state index in [0.29, 0.717) is 69.5 Å². The Labute approximate surface area is 662 Å². The van der Waals surface area contributed by atoms with Crippen LogP contribution >= 0.6 is 0 Å². The largest absolute Gasteiger partial charge is 0.363 e. The second kappa shape index (κ2) is 33.7. The molecule has 3 aliphatic heterocycles. The monoisotopic (exact) mass is 1550 g/mol. The quantitative estimate of drug-likeness (QED) is 0.0403. The lowest BCUT2D eigenvalue weighted by molar-refractivity contribution is -0.148. The summed E-state index contributed by atoms with van der Waals surface area (Å²) < 4.78 is 0. The lowest BCUT2D eigenvalue weighted by Crippen LogP contribution is -2.60. The number of hydrogen-bond donors (Lipinski definition) is 5. The molecule has 0 aromatic rings. The lowest BCUT2D eigenvalue weighted by Gasteiger charge is -2.38. The number of likely N-dealkylation sites (tertiary alicyclic amines) is 3. The van der Waals surface area contributed by atoms with Crippen molar-refractivity contribution in [2.75, 3.05) is 19.6 Å². The Morgan fingerprint density at radius 1 is 0.378 bits per heavy atom. The molecule has 9 aliphatic rings. The summed E-state index contributed by atoms with van der Waals surface area (Å²) in [6, 6.07) is -3.22. The summed E-state index contributed by atoms with van der Waals surface area (Å²) >= 11 is 0. The molecule has 6 saturated carbocycles. The van der Waals surface area contributed by atoms with Gasteiger partial charge >= 0.3 is 6.03 Å². The fourth-order valence-corrected chi connectivity index (χ4v) is 19.6. The van der Waals surface area contributed by atoms with E-state index >= 15 is 0 Å². The Kier molecular flexibility index (Phi) is 27.8. The number of nitrogens with zero attached hydrogens (tertiary/aromatic N) is 3. The number of nitrogens with one attached hydrogen (secondary N) is 2. The van der Waals surface area contributed by atoms with Crippen LogP contribution in [-0.4, -0.2) is 152 Å². The Hall–Kier alpha value is -6.55. The topological polar surface area (TPSA) is 368 Å². The number of ketones is 8. The van der Waals surface area contributed by atoms with Crippen molar-refractivity contribution in [2.45, 2.75) is 318 Å². The van der Waals surface area contributed by atoms with Crippen LogP contribution in [0, 0.1) is 126 Å². The number of urea groups is 1. The van der Waals surface area contributed by atoms with Crippen molar-refractivity contribution in [1.29, 1.82) is 0 Å². The summed E-state index contributed by atoms with van der Waals surface area (Å²) in [6.45, 7) is 49.2. The number of Topliss-reactive ketones (excluding diaryl/α,β-unsaturated/α-hetero) is 8. The molecule has 0 spiro atoms. The second-order valence-electron chi connectivity index (χ2n) is 44.0. The zero-order valence-electron chi connectivity index (χ0n) is 72.1. The fraction of sp³-hybridized carbons (Fsp3) is 0.830. The Bertz CT molecular complexity index is 3220. The van der Waals surface area contributed by atoms with Gasteiger partial charge in [-0.25, -0.2) is 4.79 Å². The Morgan fingerprint density at radius 2 is 0.640 bits per heavy atom. The SMILES string of the molecule is CC(C)(C)CC(=O)C[C@H](C(=O)N1CC2C([C@H]1C(=O)C[C@@H](CC1CCC1)C(=O)C(N)=O)C2(C)C)C(C)(C)C.CC(C)(C)CC(=O)C[C@H](C(=O)N1CC2C([C@H]1C(=O)C[C@H](CC1CCC1)C(=O)C(N)=O)C2(C)C)C(C)(C)C.CC(C)(C)NC(=O)NC(C(=O)N1CC2C([C@H]1C(=O)CC(CC1CCC1)C(=O)C(N)=O)C2(C)C)C(C)(C)C. The average molecular weight is 1550 g/mol. The van der Waals surface area contributed by atoms with E-state index in [1.807, 2.05) is 125 Å². The van der Waals surface area contributed by atoms with Gasteiger partial charge in [-0.1, -0.05) is 203 Å². The van der Waals surface area contributed by atoms with Gasteiger partial charge in [0.1, 0.15) is 17.6 Å². The van der Waals surface area contributed by atoms with Crippen molar-refractivity contribution in [3.63, 3.8) is 0 Å². The third-order valence-corrected chi connectivity index (χ3v) is 27.1. The smallest absolute Gasteiger partial charge is 0.315 e. The van der Waals surface area contributed by atoms with E-state index in [-0.39, 0.29) is 141 Å². The van der Waals surface area contributed by atoms with Crippen LogP contribution in [0.5, 0.6) is 0 Å². The summed E-state index contributed by atoms with van der Waals surface area (Å²) in [5.41, 5.74) is 13.5. The predicted molar refractivity (Wildman–Crippen MR) is 425 cm³/mol. The van der Waals surface area contributed by atoms with Gasteiger partial charge in [0.15, 0.2) is 17.3 Å². The molecule has 0 aromatic heterocycles. The minimum absolute atomic E-state index is 0.0130. The highest BCUT2D eigenvalue weighted by Crippen LogP contribution is 2.68. The molecule has 23 nitrogen and oxygen atoms in total. The molecule has 0 bridgehead atoms. The standard InChI is InChI=1S/2C30H48N2O5.C28H46N4O5/c2*1-28(2,3)15-19(33)14-20(29(4,5)6)27(37)32-16-21-23(30(21,7)8)24(32)22(34)13-18(25(35)26(31)36)12-17-10-9-11-17;1-26(2,3)22(30-25(37)31-27(4,5)6)24(36)32-14-17-19(28(17,7)8)20(32)18(33)13-16(21(34)23(29)35)12-15-10-9-11-15/h2*17-18,20-21,23-24H,9-16H2,1-8H3,(H2,31,36);15-17,19-20,22H,9-14H2,1-8H3,(H2,29,35)(H2,30,31,37)/t18-,20+,21?,23?,24+;18-,20-,21?,23?,24-;16?,17?,19?,20-,22?/m011/s1. The summed E-state index contributed by atoms with van der Waals surface area (Å²) in [5, 5.41) is 5.69. The molecule has 3 saturated heterocycles. The van der Waals surface area contributed by atoms with E-state index in [2.05, 4.69) is 52.2 Å². The van der Waals surface area contributed by atoms with Crippen LogP contribution in [0.3, 0.4) is 0 Å². The van der Waals surface area contributed by atoms with Crippen LogP contribution in [0.15, 0.2) is 0 Å². The molecule has 111 heavy (non-hydrogen) atoms. The van der Waals surface area contributed by atoms with E-state index in [1.54, 1.807) is 14.7 Å². The number of nitrogens with two attached hydrogens (primary N) is 3. The van der Waals surface area contributed by atoms with Gasteiger partial charge in [0.25, 0.3) is 17.7 Å². The van der Waals surface area contributed by atoms with Gasteiger partial charge in [0, 0.05) is 99.7 Å². The Balaban J connectivity index is 0.000000231. The molecule has 0 aromatic carbocycles. The molecule has 23 heteroatoms. The van der Waals surface area contributed by atoms with E-state index < -0.39 is 117 Å². The van der Waals surface area contributed by atoms with Gasteiger partial charge < -0.3 is 42.5 Å². The first-order valence-corrected chi connectivity index (χ1v) is 41.7. The molecule has 0 radical (unpaired) electrons. The van der Waals surface area contributed by atoms with Gasteiger partial charge in [-0.15, -0.1) is 0 Å². The maximum atomic E-state index is 14.0. The van der Waals surface area contributed by atoms with Crippen LogP contribution in [0.2, 0.25) is 0 Å². The molecule has 624 valence electrons. The number of piperidine rings is 3. The Morgan fingerprint density at radius 3 is 0.847 bits per heavy atom. The van der Waals surface area contributed by atoms with E-state index in [0.717, 1.165) is 57.8 Å². The third-order valence-electron chi connectivity index (χ3n) is 27.1. The molecule has 9 fully saturated rings. The molecule has 8 N–H and O–H groups in total. The summed E-state index contributed by atoms with van der Waals surface area (Å²) in [4.78, 5) is 200. The van der Waals surface area contributed by atoms with Gasteiger partial charge in [-0.05, 0) is 137 Å². The van der Waals surface area contributed by atoms with Gasteiger partial charge in [-0.2, -0.15) is 0 Å². The van der Waals surface area contributed by atoms with Crippen LogP contribution in [0.25, 0.3) is 0 Å². The molecule has 9 rings (SSSR count). The van der Waals surface area contributed by atoms with Crippen molar-refractivity contribution in [1.82, 2.24) is 25.3 Å². The van der Waals surface area contributed by atoms with E-state index in [4.69, 9.17) is 17.2 Å². The van der Waals surface area contributed by atoms with E-state index in [9.17, 15) is 71.9 Å². The number of rotatable bonds is 31. The lowest BCUT2D eigenvalue weighted by atomic mass is 9.74. The number of primary amides is 3. The molecule has 8 amide bonds. The first kappa shape index (κ1) is 91.6. The first-order valence-electron chi connectivity index (χ1n) is 41.7. The maximum absolute atomic E-state index is 14.0. The fourth-order valence-electron chi connectivity index (χ4n) is 19.6. The van der Waals surface area contributed by atoms with Gasteiger partial charge in [0.05, 0.1) is 18.1 Å². The van der Waals surface area contributed by atoms with Crippen LogP contribution in [0.4, 0.5) is 4.79 Å². The van der Waals surface area contributed by atoms with Gasteiger partial charge in [-0.3, -0.25) is 67.1 Å². The molecular formula is C88H142N8O15. The predicted octanol–water partition coefficient (Wildman–Crippen LogP) is 11.5. The normalized spacial score (nSPS) is 26.5. The number of hydrogen-bond acceptors (Lipinski definition) is 15. The number of amides is 8. The van der Waals surface area contributed by atoms with E-state index in [1.165, 1.54) is 0 Å². The van der Waals surface area contributed by atoms with Crippen molar-refractivity contribution < 1.29 is 71.9 Å². The molecule has 8 unspecified atom stereocenters. The van der Waals surface area contributed by atoms with Crippen LogP contribution in [-0.2, 0) is 67.1 Å². The highest BCUT2D eigenvalue weighted by molar-refractivity contribution is 6.37. The summed E-state index contributed by atoms with van der Waals surface area (Å²) in [6.07, 6.45) is 11.6. The minimum atomic E-state index is -1.01.